The Morgan fingerprint density at radius 1 is 1.35 bits per heavy atom. The van der Waals surface area contributed by atoms with Crippen molar-refractivity contribution in [3.8, 4) is 0 Å². The van der Waals surface area contributed by atoms with Crippen LogP contribution in [0.1, 0.15) is 26.7 Å². The largest absolute Gasteiger partial charge is 0.479 e. The van der Waals surface area contributed by atoms with Gasteiger partial charge in [-0.3, -0.25) is 4.84 Å². The molecule has 0 saturated carbocycles. The molecule has 0 atom stereocenters. The molecule has 17 heavy (non-hydrogen) atoms. The molecule has 0 fully saturated rings. The Morgan fingerprint density at radius 3 is 2.35 bits per heavy atom. The third-order valence-corrected chi connectivity index (χ3v) is 4.24. The molecule has 0 aromatic rings. The second-order valence-electron chi connectivity index (χ2n) is 3.56. The van der Waals surface area contributed by atoms with Crippen molar-refractivity contribution in [2.45, 2.75) is 31.4 Å². The van der Waals surface area contributed by atoms with Crippen molar-refractivity contribution in [3.05, 3.63) is 0 Å². The second-order valence-corrected chi connectivity index (χ2v) is 4.84. The Kier molecular flexibility index (Phi) is 7.73. The summed E-state index contributed by atoms with van der Waals surface area (Å²) in [6.45, 7) is 4.10. The van der Waals surface area contributed by atoms with Gasteiger partial charge in [0.2, 0.25) is 0 Å². The molecule has 100 valence electrons. The van der Waals surface area contributed by atoms with Crippen molar-refractivity contribution < 1.29 is 19.5 Å². The Labute approximate surface area is 105 Å². The molecular weight excluding hydrogens is 244 g/mol. The number of hydrogen-bond donors (Lipinski definition) is 3. The van der Waals surface area contributed by atoms with Gasteiger partial charge in [-0.25, -0.2) is 15.1 Å². The molecule has 7 heteroatoms. The third kappa shape index (κ3) is 6.38. The fourth-order valence-corrected chi connectivity index (χ4v) is 2.10. The summed E-state index contributed by atoms with van der Waals surface area (Å²) in [5, 5.41) is 11.0. The molecule has 3 N–H and O–H groups in total. The number of carbonyl (C=O) groups excluding carboxylic acids is 1. The van der Waals surface area contributed by atoms with Gasteiger partial charge < -0.3 is 10.4 Å². The van der Waals surface area contributed by atoms with Gasteiger partial charge in [0.1, 0.15) is 0 Å². The number of carboxylic acid groups (broad SMARTS) is 1. The van der Waals surface area contributed by atoms with E-state index < -0.39 is 18.6 Å². The average Bonchev–Trinajstić information content (AvgIpc) is 2.31. The first kappa shape index (κ1) is 16.1. The highest BCUT2D eigenvalue weighted by molar-refractivity contribution is 8.00. The molecule has 0 radical (unpaired) electrons. The second kappa shape index (κ2) is 8.19. The number of aliphatic carboxylic acids is 1. The molecule has 0 spiro atoms. The van der Waals surface area contributed by atoms with Gasteiger partial charge in [-0.15, -0.1) is 0 Å². The maximum Gasteiger partial charge on any atom is 0.338 e. The third-order valence-electron chi connectivity index (χ3n) is 2.65. The van der Waals surface area contributed by atoms with E-state index in [4.69, 9.17) is 5.11 Å². The van der Waals surface area contributed by atoms with Crippen molar-refractivity contribution in [3.63, 3.8) is 0 Å². The zero-order valence-electron chi connectivity index (χ0n) is 10.4. The first-order valence-corrected chi connectivity index (χ1v) is 6.64. The van der Waals surface area contributed by atoms with Crippen LogP contribution in [0.15, 0.2) is 0 Å². The Hall–Kier alpha value is -0.950. The Balaban J connectivity index is 3.92. The van der Waals surface area contributed by atoms with Crippen LogP contribution in [0.2, 0.25) is 0 Å². The average molecular weight is 264 g/mol. The zero-order valence-corrected chi connectivity index (χ0v) is 11.2. The molecule has 0 saturated heterocycles. The Morgan fingerprint density at radius 2 is 1.94 bits per heavy atom. The van der Waals surface area contributed by atoms with E-state index in [1.54, 1.807) is 11.8 Å². The van der Waals surface area contributed by atoms with Crippen LogP contribution in [-0.4, -0.2) is 41.3 Å². The SMILES string of the molecule is CCC(CC)(CNC(=O)NOCC(=O)O)SC. The summed E-state index contributed by atoms with van der Waals surface area (Å²) in [7, 11) is 0. The predicted molar refractivity (Wildman–Crippen MR) is 67.0 cm³/mol. The number of hydrogen-bond acceptors (Lipinski definition) is 4. The van der Waals surface area contributed by atoms with Gasteiger partial charge in [0.25, 0.3) is 0 Å². The summed E-state index contributed by atoms with van der Waals surface area (Å²) in [5.41, 5.74) is 2.02. The van der Waals surface area contributed by atoms with Crippen LogP contribution in [0, 0.1) is 0 Å². The number of carbonyl (C=O) groups is 2. The fourth-order valence-electron chi connectivity index (χ4n) is 1.30. The summed E-state index contributed by atoms with van der Waals surface area (Å²) in [6.07, 6.45) is 3.90. The lowest BCUT2D eigenvalue weighted by molar-refractivity contribution is -0.144. The standard InChI is InChI=1S/C10H20N2O4S/c1-4-10(5-2,17-3)7-11-9(15)12-16-6-8(13)14/h4-7H2,1-3H3,(H,13,14)(H2,11,12,15). The number of hydroxylamine groups is 1. The van der Waals surface area contributed by atoms with Gasteiger partial charge in [-0.2, -0.15) is 11.8 Å². The molecule has 2 amide bonds. The monoisotopic (exact) mass is 264 g/mol. The molecule has 0 aliphatic rings. The number of urea groups is 1. The number of nitrogens with one attached hydrogen (secondary N) is 2. The van der Waals surface area contributed by atoms with Crippen LogP contribution < -0.4 is 10.8 Å². The summed E-state index contributed by atoms with van der Waals surface area (Å²) in [5.74, 6) is -1.13. The zero-order chi connectivity index (χ0) is 13.3. The molecule has 0 unspecified atom stereocenters. The fraction of sp³-hybridized carbons (Fsp3) is 0.800. The molecular formula is C10H20N2O4S. The highest BCUT2D eigenvalue weighted by Crippen LogP contribution is 2.29. The van der Waals surface area contributed by atoms with Gasteiger partial charge >= 0.3 is 12.0 Å². The van der Waals surface area contributed by atoms with Crippen molar-refractivity contribution in [1.82, 2.24) is 10.8 Å². The maximum absolute atomic E-state index is 11.3. The number of rotatable bonds is 8. The normalized spacial score (nSPS) is 11.0. The van der Waals surface area contributed by atoms with Crippen LogP contribution in [-0.2, 0) is 9.63 Å². The van der Waals surface area contributed by atoms with Crippen LogP contribution >= 0.6 is 11.8 Å². The minimum absolute atomic E-state index is 0.0180. The number of amides is 2. The summed E-state index contributed by atoms with van der Waals surface area (Å²) < 4.78 is 0.0180. The molecule has 0 aromatic heterocycles. The lowest BCUT2D eigenvalue weighted by Crippen LogP contribution is -2.44. The van der Waals surface area contributed by atoms with E-state index in [1.165, 1.54) is 0 Å². The van der Waals surface area contributed by atoms with Gasteiger partial charge in [0, 0.05) is 11.3 Å². The number of thioether (sulfide) groups is 1. The summed E-state index contributed by atoms with van der Waals surface area (Å²) >= 11 is 1.71. The molecule has 0 bridgehead atoms. The van der Waals surface area contributed by atoms with Crippen molar-refractivity contribution in [1.29, 1.82) is 0 Å². The van der Waals surface area contributed by atoms with Crippen LogP contribution in [0.4, 0.5) is 4.79 Å². The first-order valence-electron chi connectivity index (χ1n) is 5.42. The lowest BCUT2D eigenvalue weighted by atomic mass is 10.0. The van der Waals surface area contributed by atoms with E-state index in [1.807, 2.05) is 11.7 Å². The maximum atomic E-state index is 11.3. The molecule has 0 aromatic carbocycles. The minimum atomic E-state index is -1.13. The molecule has 0 heterocycles. The summed E-state index contributed by atoms with van der Waals surface area (Å²) in [6, 6.07) is -0.522. The minimum Gasteiger partial charge on any atom is -0.479 e. The molecule has 6 nitrogen and oxygen atoms in total. The van der Waals surface area contributed by atoms with Crippen molar-refractivity contribution in [2.75, 3.05) is 19.4 Å². The smallest absolute Gasteiger partial charge is 0.338 e. The molecule has 0 aliphatic heterocycles. The van der Waals surface area contributed by atoms with Crippen molar-refractivity contribution in [2.24, 2.45) is 0 Å². The van der Waals surface area contributed by atoms with E-state index in [0.29, 0.717) is 6.54 Å². The highest BCUT2D eigenvalue weighted by Gasteiger charge is 2.25. The number of carboxylic acids is 1. The van der Waals surface area contributed by atoms with E-state index in [0.717, 1.165) is 12.8 Å². The van der Waals surface area contributed by atoms with Gasteiger partial charge in [-0.1, -0.05) is 13.8 Å². The predicted octanol–water partition coefficient (Wildman–Crippen LogP) is 1.22. The van der Waals surface area contributed by atoms with E-state index in [9.17, 15) is 9.59 Å². The summed E-state index contributed by atoms with van der Waals surface area (Å²) in [4.78, 5) is 25.9. The highest BCUT2D eigenvalue weighted by atomic mass is 32.2. The molecule has 0 rings (SSSR count). The molecule has 0 aliphatic carbocycles. The van der Waals surface area contributed by atoms with E-state index >= 15 is 0 Å². The van der Waals surface area contributed by atoms with Gasteiger partial charge in [-0.05, 0) is 19.1 Å². The van der Waals surface area contributed by atoms with Crippen LogP contribution in [0.3, 0.4) is 0 Å². The van der Waals surface area contributed by atoms with Crippen LogP contribution in [0.25, 0.3) is 0 Å². The van der Waals surface area contributed by atoms with E-state index in [-0.39, 0.29) is 4.75 Å². The first-order chi connectivity index (χ1) is 7.99. The lowest BCUT2D eigenvalue weighted by Gasteiger charge is -2.29. The topological polar surface area (TPSA) is 87.7 Å². The van der Waals surface area contributed by atoms with Crippen LogP contribution in [0.5, 0.6) is 0 Å². The quantitative estimate of drug-likeness (QED) is 0.574. The van der Waals surface area contributed by atoms with Gasteiger partial charge in [0.05, 0.1) is 0 Å². The Bertz CT molecular complexity index is 248. The van der Waals surface area contributed by atoms with Gasteiger partial charge in [0.15, 0.2) is 6.61 Å². The van der Waals surface area contributed by atoms with Crippen molar-refractivity contribution >= 4 is 23.8 Å². The van der Waals surface area contributed by atoms with E-state index in [2.05, 4.69) is 24.0 Å².